The first-order valence-corrected chi connectivity index (χ1v) is 7.74. The van der Waals surface area contributed by atoms with E-state index in [0.717, 1.165) is 28.8 Å². The van der Waals surface area contributed by atoms with Crippen molar-refractivity contribution in [2.75, 3.05) is 10.6 Å². The molecule has 0 bridgehead atoms. The monoisotopic (exact) mass is 307 g/mol. The number of fused-ring (bicyclic) bond motifs is 2. The van der Waals surface area contributed by atoms with Crippen molar-refractivity contribution < 1.29 is 9.21 Å². The summed E-state index contributed by atoms with van der Waals surface area (Å²) in [6, 6.07) is 14.4. The third-order valence-corrected chi connectivity index (χ3v) is 4.16. The van der Waals surface area contributed by atoms with Gasteiger partial charge in [0, 0.05) is 12.1 Å². The first kappa shape index (κ1) is 13.8. The van der Waals surface area contributed by atoms with Crippen LogP contribution in [0.25, 0.3) is 11.1 Å². The molecule has 2 heterocycles. The van der Waals surface area contributed by atoms with E-state index in [-0.39, 0.29) is 11.9 Å². The molecule has 0 saturated carbocycles. The molecular formula is C18H17N3O2. The molecule has 0 spiro atoms. The number of carbonyl (C=O) groups excluding carboxylic acids is 1. The molecule has 0 saturated heterocycles. The van der Waals surface area contributed by atoms with Crippen molar-refractivity contribution in [3.8, 4) is 0 Å². The van der Waals surface area contributed by atoms with Crippen LogP contribution in [0.15, 0.2) is 46.9 Å². The number of para-hydroxylation sites is 2. The summed E-state index contributed by atoms with van der Waals surface area (Å²) in [5.41, 5.74) is 4.85. The number of aryl methyl sites for hydroxylation is 1. The maximum Gasteiger partial charge on any atom is 0.296 e. The van der Waals surface area contributed by atoms with Gasteiger partial charge < -0.3 is 15.1 Å². The Kier molecular flexibility index (Phi) is 3.26. The molecule has 1 aromatic heterocycles. The van der Waals surface area contributed by atoms with Crippen molar-refractivity contribution in [2.24, 2.45) is 0 Å². The molecule has 116 valence electrons. The van der Waals surface area contributed by atoms with E-state index in [1.165, 1.54) is 5.56 Å². The Morgan fingerprint density at radius 2 is 2.09 bits per heavy atom. The lowest BCUT2D eigenvalue weighted by Gasteiger charge is -2.20. The Morgan fingerprint density at radius 1 is 1.22 bits per heavy atom. The molecule has 2 aromatic carbocycles. The summed E-state index contributed by atoms with van der Waals surface area (Å²) in [6.07, 6.45) is 1.33. The highest BCUT2D eigenvalue weighted by Crippen LogP contribution is 2.28. The lowest BCUT2D eigenvalue weighted by Crippen LogP contribution is -2.19. The molecule has 1 atom stereocenters. The zero-order chi connectivity index (χ0) is 15.8. The minimum Gasteiger partial charge on any atom is -0.424 e. The van der Waals surface area contributed by atoms with Gasteiger partial charge in [-0.25, -0.2) is 0 Å². The number of hydrogen-bond acceptors (Lipinski definition) is 4. The lowest BCUT2D eigenvalue weighted by atomic mass is 9.98. The van der Waals surface area contributed by atoms with E-state index in [0.29, 0.717) is 12.4 Å². The number of amides is 1. The standard InChI is InChI=1S/C18H17N3O2/c1-11(19-18-21-15-4-2-3-5-16(15)23-18)12-6-8-14-13(10-12)7-9-17(22)20-14/h2-6,8,10-11H,7,9H2,1H3,(H,19,21)(H,20,22)/t11-/m0/s1. The fourth-order valence-electron chi connectivity index (χ4n) is 2.88. The highest BCUT2D eigenvalue weighted by atomic mass is 16.4. The van der Waals surface area contributed by atoms with Gasteiger partial charge in [0.15, 0.2) is 5.58 Å². The zero-order valence-electron chi connectivity index (χ0n) is 12.8. The fraction of sp³-hybridized carbons (Fsp3) is 0.222. The molecule has 1 aliphatic rings. The average molecular weight is 307 g/mol. The minimum atomic E-state index is 0.0611. The summed E-state index contributed by atoms with van der Waals surface area (Å²) in [5, 5.41) is 6.20. The number of carbonyl (C=O) groups is 1. The van der Waals surface area contributed by atoms with E-state index in [9.17, 15) is 4.79 Å². The van der Waals surface area contributed by atoms with Gasteiger partial charge in [0.2, 0.25) is 5.91 Å². The maximum absolute atomic E-state index is 11.4. The van der Waals surface area contributed by atoms with Gasteiger partial charge in [0.25, 0.3) is 6.01 Å². The topological polar surface area (TPSA) is 67.2 Å². The molecule has 2 N–H and O–H groups in total. The first-order valence-electron chi connectivity index (χ1n) is 7.74. The highest BCUT2D eigenvalue weighted by Gasteiger charge is 2.17. The summed E-state index contributed by atoms with van der Waals surface area (Å²) >= 11 is 0. The molecule has 5 nitrogen and oxygen atoms in total. The van der Waals surface area contributed by atoms with Gasteiger partial charge in [-0.1, -0.05) is 24.3 Å². The Labute approximate surface area is 133 Å². The Hall–Kier alpha value is -2.82. The second-order valence-electron chi connectivity index (χ2n) is 5.82. The van der Waals surface area contributed by atoms with Crippen LogP contribution in [0.4, 0.5) is 11.7 Å². The third kappa shape index (κ3) is 2.65. The molecule has 1 amide bonds. The number of rotatable bonds is 3. The second-order valence-corrected chi connectivity index (χ2v) is 5.82. The Bertz CT molecular complexity index is 852. The summed E-state index contributed by atoms with van der Waals surface area (Å²) in [5.74, 6) is 0.0860. The van der Waals surface area contributed by atoms with Gasteiger partial charge in [0.1, 0.15) is 5.52 Å². The first-order chi connectivity index (χ1) is 11.2. The van der Waals surface area contributed by atoms with E-state index in [2.05, 4.69) is 28.6 Å². The summed E-state index contributed by atoms with van der Waals surface area (Å²) in [7, 11) is 0. The molecule has 4 rings (SSSR count). The molecule has 3 aromatic rings. The van der Waals surface area contributed by atoms with Crippen LogP contribution in [0.2, 0.25) is 0 Å². The van der Waals surface area contributed by atoms with E-state index in [1.54, 1.807) is 0 Å². The van der Waals surface area contributed by atoms with Crippen molar-refractivity contribution in [3.05, 3.63) is 53.6 Å². The summed E-state index contributed by atoms with van der Waals surface area (Å²) < 4.78 is 5.71. The summed E-state index contributed by atoms with van der Waals surface area (Å²) in [6.45, 7) is 2.07. The van der Waals surface area contributed by atoms with Crippen LogP contribution >= 0.6 is 0 Å². The normalized spacial score (nSPS) is 15.1. The van der Waals surface area contributed by atoms with Gasteiger partial charge in [-0.15, -0.1) is 0 Å². The molecule has 0 aliphatic carbocycles. The predicted molar refractivity (Wildman–Crippen MR) is 89.4 cm³/mol. The average Bonchev–Trinajstić information content (AvgIpc) is 2.96. The van der Waals surface area contributed by atoms with Gasteiger partial charge in [-0.2, -0.15) is 4.98 Å². The van der Waals surface area contributed by atoms with Crippen LogP contribution in [-0.4, -0.2) is 10.9 Å². The fourth-order valence-corrected chi connectivity index (χ4v) is 2.88. The zero-order valence-corrected chi connectivity index (χ0v) is 12.8. The van der Waals surface area contributed by atoms with Crippen molar-refractivity contribution >= 4 is 28.7 Å². The van der Waals surface area contributed by atoms with Crippen molar-refractivity contribution in [1.82, 2.24) is 4.98 Å². The number of oxazole rings is 1. The third-order valence-electron chi connectivity index (χ3n) is 4.16. The molecule has 23 heavy (non-hydrogen) atoms. The molecule has 1 aliphatic heterocycles. The molecule has 0 unspecified atom stereocenters. The summed E-state index contributed by atoms with van der Waals surface area (Å²) in [4.78, 5) is 15.9. The lowest BCUT2D eigenvalue weighted by molar-refractivity contribution is -0.116. The Morgan fingerprint density at radius 3 is 2.96 bits per heavy atom. The number of hydrogen-bond donors (Lipinski definition) is 2. The highest BCUT2D eigenvalue weighted by molar-refractivity contribution is 5.93. The Balaban J connectivity index is 1.56. The number of anilines is 2. The number of aromatic nitrogens is 1. The van der Waals surface area contributed by atoms with Crippen LogP contribution in [0, 0.1) is 0 Å². The predicted octanol–water partition coefficient (Wildman–Crippen LogP) is 3.89. The van der Waals surface area contributed by atoms with E-state index in [1.807, 2.05) is 36.4 Å². The molecular weight excluding hydrogens is 290 g/mol. The van der Waals surface area contributed by atoms with Crippen LogP contribution < -0.4 is 10.6 Å². The molecule has 0 fully saturated rings. The van der Waals surface area contributed by atoms with Crippen LogP contribution in [0.3, 0.4) is 0 Å². The van der Waals surface area contributed by atoms with E-state index >= 15 is 0 Å². The van der Waals surface area contributed by atoms with Crippen LogP contribution in [0.5, 0.6) is 0 Å². The number of nitrogens with one attached hydrogen (secondary N) is 2. The van der Waals surface area contributed by atoms with Crippen molar-refractivity contribution in [3.63, 3.8) is 0 Å². The largest absolute Gasteiger partial charge is 0.424 e. The van der Waals surface area contributed by atoms with E-state index in [4.69, 9.17) is 4.42 Å². The van der Waals surface area contributed by atoms with Gasteiger partial charge in [-0.05, 0) is 42.7 Å². The SMILES string of the molecule is C[C@H](Nc1nc2ccccc2o1)c1ccc2c(c1)CCC(=O)N2. The quantitative estimate of drug-likeness (QED) is 0.770. The minimum absolute atomic E-state index is 0.0611. The van der Waals surface area contributed by atoms with Gasteiger partial charge in [0.05, 0.1) is 6.04 Å². The second kappa shape index (κ2) is 5.43. The van der Waals surface area contributed by atoms with Crippen LogP contribution in [-0.2, 0) is 11.2 Å². The maximum atomic E-state index is 11.4. The smallest absolute Gasteiger partial charge is 0.296 e. The van der Waals surface area contributed by atoms with Crippen molar-refractivity contribution in [2.45, 2.75) is 25.8 Å². The van der Waals surface area contributed by atoms with E-state index < -0.39 is 0 Å². The van der Waals surface area contributed by atoms with Crippen molar-refractivity contribution in [1.29, 1.82) is 0 Å². The van der Waals surface area contributed by atoms with Gasteiger partial charge >= 0.3 is 0 Å². The number of benzene rings is 2. The number of nitrogens with zero attached hydrogens (tertiary/aromatic N) is 1. The molecule has 0 radical (unpaired) electrons. The molecule has 5 heteroatoms. The van der Waals surface area contributed by atoms with Crippen LogP contribution in [0.1, 0.15) is 30.5 Å². The van der Waals surface area contributed by atoms with Gasteiger partial charge in [-0.3, -0.25) is 4.79 Å².